The lowest BCUT2D eigenvalue weighted by Crippen LogP contribution is -2.40. The first-order valence-corrected chi connectivity index (χ1v) is 7.14. The highest BCUT2D eigenvalue weighted by Gasteiger charge is 2.20. The van der Waals surface area contributed by atoms with Gasteiger partial charge in [-0.3, -0.25) is 4.79 Å². The van der Waals surface area contributed by atoms with Crippen LogP contribution in [0, 0.1) is 6.92 Å². The number of hydrogen-bond acceptors (Lipinski definition) is 4. The predicted octanol–water partition coefficient (Wildman–Crippen LogP) is 2.21. The van der Waals surface area contributed by atoms with E-state index in [1.54, 1.807) is 12.3 Å². The van der Waals surface area contributed by atoms with Gasteiger partial charge in [-0.2, -0.15) is 0 Å². The van der Waals surface area contributed by atoms with Crippen LogP contribution in [0.1, 0.15) is 21.9 Å². The van der Waals surface area contributed by atoms with E-state index in [0.29, 0.717) is 5.69 Å². The first-order chi connectivity index (χ1) is 10.0. The van der Waals surface area contributed by atoms with Gasteiger partial charge in [-0.1, -0.05) is 6.08 Å². The van der Waals surface area contributed by atoms with E-state index in [2.05, 4.69) is 21.9 Å². The number of thiazole rings is 1. The Kier molecular flexibility index (Phi) is 4.54. The van der Waals surface area contributed by atoms with Crippen LogP contribution in [0.5, 0.6) is 0 Å². The minimum absolute atomic E-state index is 0.167. The second-order valence-electron chi connectivity index (χ2n) is 4.44. The highest BCUT2D eigenvalue weighted by Crippen LogP contribution is 2.22. The van der Waals surface area contributed by atoms with Gasteiger partial charge in [0.1, 0.15) is 11.7 Å². The fraction of sp³-hybridized carbons (Fsp3) is 0.214. The molecule has 0 aliphatic rings. The number of carboxylic acid groups (broad SMARTS) is 1. The maximum Gasteiger partial charge on any atom is 0.326 e. The van der Waals surface area contributed by atoms with Crippen molar-refractivity contribution in [3.8, 4) is 11.3 Å². The highest BCUT2D eigenvalue weighted by molar-refractivity contribution is 7.09. The van der Waals surface area contributed by atoms with Crippen LogP contribution in [0.25, 0.3) is 11.3 Å². The Hall–Kier alpha value is -2.41. The third kappa shape index (κ3) is 3.57. The molecule has 2 aromatic rings. The lowest BCUT2D eigenvalue weighted by Gasteiger charge is -2.11. The van der Waals surface area contributed by atoms with Crippen LogP contribution < -0.4 is 5.32 Å². The number of carbonyl (C=O) groups excluding carboxylic acids is 1. The number of carbonyl (C=O) groups is 2. The number of carboxylic acids is 1. The number of nitrogens with one attached hydrogen (secondary N) is 2. The Morgan fingerprint density at radius 2 is 2.38 bits per heavy atom. The summed E-state index contributed by atoms with van der Waals surface area (Å²) in [5.41, 5.74) is 1.87. The number of aliphatic carboxylic acids is 1. The SMILES string of the molecule is C=CCC(NC(=O)c1cc(-c2csc(C)n2)c[nH]1)C(=O)O. The van der Waals surface area contributed by atoms with Gasteiger partial charge >= 0.3 is 5.97 Å². The molecule has 1 unspecified atom stereocenters. The second kappa shape index (κ2) is 6.36. The van der Waals surface area contributed by atoms with Gasteiger partial charge in [0.15, 0.2) is 0 Å². The normalized spacial score (nSPS) is 11.9. The van der Waals surface area contributed by atoms with Crippen LogP contribution in [-0.4, -0.2) is 33.0 Å². The Bertz CT molecular complexity index is 675. The second-order valence-corrected chi connectivity index (χ2v) is 5.50. The summed E-state index contributed by atoms with van der Waals surface area (Å²) in [7, 11) is 0. The van der Waals surface area contributed by atoms with Crippen molar-refractivity contribution in [2.75, 3.05) is 0 Å². The molecule has 2 heterocycles. The molecular weight excluding hydrogens is 290 g/mol. The molecule has 2 rings (SSSR count). The molecule has 0 saturated carbocycles. The largest absolute Gasteiger partial charge is 0.480 e. The summed E-state index contributed by atoms with van der Waals surface area (Å²) in [6.07, 6.45) is 3.30. The van der Waals surface area contributed by atoms with Crippen molar-refractivity contribution in [3.63, 3.8) is 0 Å². The molecule has 0 saturated heterocycles. The van der Waals surface area contributed by atoms with E-state index in [4.69, 9.17) is 5.11 Å². The minimum Gasteiger partial charge on any atom is -0.480 e. The standard InChI is InChI=1S/C14H15N3O3S/c1-3-4-10(14(19)20)17-13(18)11-5-9(6-15-11)12-7-21-8(2)16-12/h3,5-7,10,15H,1,4H2,2H3,(H,17,18)(H,19,20). The van der Waals surface area contributed by atoms with Gasteiger partial charge in [0.25, 0.3) is 5.91 Å². The molecule has 0 aliphatic heterocycles. The van der Waals surface area contributed by atoms with Crippen molar-refractivity contribution in [2.24, 2.45) is 0 Å². The molecule has 21 heavy (non-hydrogen) atoms. The Labute approximate surface area is 125 Å². The van der Waals surface area contributed by atoms with Gasteiger partial charge in [-0.05, 0) is 19.4 Å². The van der Waals surface area contributed by atoms with Gasteiger partial charge in [0.2, 0.25) is 0 Å². The summed E-state index contributed by atoms with van der Waals surface area (Å²) < 4.78 is 0. The van der Waals surface area contributed by atoms with Crippen LogP contribution in [0.3, 0.4) is 0 Å². The molecule has 1 atom stereocenters. The van der Waals surface area contributed by atoms with Crippen molar-refractivity contribution < 1.29 is 14.7 Å². The molecule has 7 heteroatoms. The lowest BCUT2D eigenvalue weighted by molar-refractivity contribution is -0.139. The smallest absolute Gasteiger partial charge is 0.326 e. The fourth-order valence-corrected chi connectivity index (χ4v) is 2.42. The zero-order valence-corrected chi connectivity index (χ0v) is 12.2. The van der Waals surface area contributed by atoms with Crippen molar-refractivity contribution in [1.82, 2.24) is 15.3 Å². The lowest BCUT2D eigenvalue weighted by atomic mass is 10.2. The Morgan fingerprint density at radius 3 is 2.95 bits per heavy atom. The van der Waals surface area contributed by atoms with Crippen LogP contribution in [-0.2, 0) is 4.79 Å². The molecule has 1 amide bonds. The molecule has 3 N–H and O–H groups in total. The van der Waals surface area contributed by atoms with Crippen LogP contribution in [0.4, 0.5) is 0 Å². The van der Waals surface area contributed by atoms with E-state index in [0.717, 1.165) is 16.3 Å². The summed E-state index contributed by atoms with van der Waals surface area (Å²) in [4.78, 5) is 30.2. The van der Waals surface area contributed by atoms with Crippen molar-refractivity contribution >= 4 is 23.2 Å². The molecule has 0 fully saturated rings. The molecular formula is C14H15N3O3S. The van der Waals surface area contributed by atoms with Crippen LogP contribution >= 0.6 is 11.3 Å². The van der Waals surface area contributed by atoms with Crippen LogP contribution in [0.15, 0.2) is 30.3 Å². The van der Waals surface area contributed by atoms with Crippen molar-refractivity contribution in [1.29, 1.82) is 0 Å². The third-order valence-electron chi connectivity index (χ3n) is 2.85. The Balaban J connectivity index is 2.11. The number of aromatic amines is 1. The number of amides is 1. The van der Waals surface area contributed by atoms with Crippen molar-refractivity contribution in [3.05, 3.63) is 41.0 Å². The molecule has 0 bridgehead atoms. The first kappa shape index (κ1) is 15.0. The number of aryl methyl sites for hydroxylation is 1. The zero-order chi connectivity index (χ0) is 15.4. The van der Waals surface area contributed by atoms with Crippen LogP contribution in [0.2, 0.25) is 0 Å². The van der Waals surface area contributed by atoms with Gasteiger partial charge in [0, 0.05) is 17.1 Å². The molecule has 0 spiro atoms. The molecule has 2 aromatic heterocycles. The van der Waals surface area contributed by atoms with E-state index in [-0.39, 0.29) is 6.42 Å². The summed E-state index contributed by atoms with van der Waals surface area (Å²) in [6.45, 7) is 5.38. The van der Waals surface area contributed by atoms with E-state index in [9.17, 15) is 9.59 Å². The average Bonchev–Trinajstić information content (AvgIpc) is 3.06. The number of H-pyrrole nitrogens is 1. The molecule has 0 radical (unpaired) electrons. The van der Waals surface area contributed by atoms with Gasteiger partial charge in [0.05, 0.1) is 10.7 Å². The fourth-order valence-electron chi connectivity index (χ4n) is 1.79. The quantitative estimate of drug-likeness (QED) is 0.713. The molecule has 6 nitrogen and oxygen atoms in total. The summed E-state index contributed by atoms with van der Waals surface area (Å²) >= 11 is 1.52. The van der Waals surface area contributed by atoms with E-state index in [1.165, 1.54) is 17.4 Å². The monoisotopic (exact) mass is 305 g/mol. The highest BCUT2D eigenvalue weighted by atomic mass is 32.1. The number of rotatable bonds is 6. The summed E-state index contributed by atoms with van der Waals surface area (Å²) in [6, 6.07) is 0.666. The Morgan fingerprint density at radius 1 is 1.62 bits per heavy atom. The topological polar surface area (TPSA) is 95.1 Å². The maximum atomic E-state index is 12.0. The minimum atomic E-state index is -1.09. The summed E-state index contributed by atoms with van der Waals surface area (Å²) in [5.74, 6) is -1.56. The van der Waals surface area contributed by atoms with E-state index >= 15 is 0 Å². The van der Waals surface area contributed by atoms with Crippen molar-refractivity contribution in [2.45, 2.75) is 19.4 Å². The van der Waals surface area contributed by atoms with Gasteiger partial charge in [-0.15, -0.1) is 17.9 Å². The van der Waals surface area contributed by atoms with Gasteiger partial charge in [-0.25, -0.2) is 9.78 Å². The molecule has 110 valence electrons. The summed E-state index contributed by atoms with van der Waals surface area (Å²) in [5, 5.41) is 14.3. The molecule has 0 aliphatic carbocycles. The number of hydrogen-bond donors (Lipinski definition) is 3. The first-order valence-electron chi connectivity index (χ1n) is 6.26. The van der Waals surface area contributed by atoms with E-state index in [1.807, 2.05) is 12.3 Å². The molecule has 0 aromatic carbocycles. The maximum absolute atomic E-state index is 12.0. The average molecular weight is 305 g/mol. The predicted molar refractivity (Wildman–Crippen MR) is 80.3 cm³/mol. The van der Waals surface area contributed by atoms with Gasteiger partial charge < -0.3 is 15.4 Å². The number of nitrogens with zero attached hydrogens (tertiary/aromatic N) is 1. The third-order valence-corrected chi connectivity index (χ3v) is 3.62. The number of aromatic nitrogens is 2. The zero-order valence-electron chi connectivity index (χ0n) is 11.4. The van der Waals surface area contributed by atoms with E-state index < -0.39 is 17.9 Å².